The summed E-state index contributed by atoms with van der Waals surface area (Å²) in [5.41, 5.74) is -0.965. The van der Waals surface area contributed by atoms with Gasteiger partial charge in [0, 0.05) is 44.5 Å². The predicted octanol–water partition coefficient (Wildman–Crippen LogP) is 2.31. The lowest BCUT2D eigenvalue weighted by Gasteiger charge is -2.42. The largest absolute Gasteiger partial charge is 0.497 e. The van der Waals surface area contributed by atoms with Gasteiger partial charge < -0.3 is 29.3 Å². The number of nitrogens with zero attached hydrogens (tertiary/aromatic N) is 2. The van der Waals surface area contributed by atoms with Gasteiger partial charge >= 0.3 is 0 Å². The summed E-state index contributed by atoms with van der Waals surface area (Å²) in [4.78, 5) is 4.32. The van der Waals surface area contributed by atoms with Crippen LogP contribution in [0.4, 0.5) is 10.1 Å². The fraction of sp³-hybridized carbons (Fsp3) is 0.520. The minimum Gasteiger partial charge on any atom is -0.497 e. The number of benzene rings is 2. The summed E-state index contributed by atoms with van der Waals surface area (Å²) in [6, 6.07) is 13.7. The van der Waals surface area contributed by atoms with Gasteiger partial charge in [-0.2, -0.15) is 0 Å². The molecule has 1 unspecified atom stereocenters. The van der Waals surface area contributed by atoms with Gasteiger partial charge in [0.15, 0.2) is 0 Å². The predicted molar refractivity (Wildman–Crippen MR) is 123 cm³/mol. The van der Waals surface area contributed by atoms with Crippen molar-refractivity contribution >= 4 is 5.69 Å². The Labute approximate surface area is 194 Å². The van der Waals surface area contributed by atoms with Crippen LogP contribution in [0.3, 0.4) is 0 Å². The second kappa shape index (κ2) is 10.3. The minimum atomic E-state index is -1.22. The Kier molecular flexibility index (Phi) is 7.38. The smallest absolute Gasteiger partial charge is 0.134 e. The zero-order valence-corrected chi connectivity index (χ0v) is 19.1. The Balaban J connectivity index is 1.33. The molecular formula is C25H33FN2O5. The number of anilines is 1. The molecule has 0 aromatic heterocycles. The van der Waals surface area contributed by atoms with Crippen molar-refractivity contribution in [1.82, 2.24) is 4.90 Å². The average molecular weight is 461 g/mol. The van der Waals surface area contributed by atoms with Gasteiger partial charge in [0.2, 0.25) is 0 Å². The van der Waals surface area contributed by atoms with Crippen molar-refractivity contribution in [3.63, 3.8) is 0 Å². The molecule has 0 aliphatic carbocycles. The first kappa shape index (κ1) is 23.8. The lowest BCUT2D eigenvalue weighted by molar-refractivity contribution is -0.0742. The van der Waals surface area contributed by atoms with Crippen molar-refractivity contribution in [3.05, 3.63) is 54.3 Å². The number of β-amino-alcohol motifs (C(OH)–C–C–N with tert-alkyl or cyclic N) is 2. The molecule has 2 aliphatic heterocycles. The molecule has 2 aliphatic rings. The Morgan fingerprint density at radius 2 is 1.76 bits per heavy atom. The van der Waals surface area contributed by atoms with E-state index in [-0.39, 0.29) is 19.0 Å². The van der Waals surface area contributed by atoms with Gasteiger partial charge in [-0.3, -0.25) is 4.90 Å². The van der Waals surface area contributed by atoms with E-state index < -0.39 is 11.2 Å². The number of halogens is 1. The van der Waals surface area contributed by atoms with Gasteiger partial charge in [0.25, 0.3) is 0 Å². The van der Waals surface area contributed by atoms with E-state index in [4.69, 9.17) is 14.2 Å². The van der Waals surface area contributed by atoms with Gasteiger partial charge in [-0.1, -0.05) is 6.07 Å². The molecule has 2 heterocycles. The van der Waals surface area contributed by atoms with Crippen LogP contribution in [0.2, 0.25) is 0 Å². The van der Waals surface area contributed by atoms with E-state index in [1.54, 1.807) is 7.11 Å². The zero-order chi connectivity index (χ0) is 23.3. The zero-order valence-electron chi connectivity index (χ0n) is 19.1. The van der Waals surface area contributed by atoms with Crippen LogP contribution in [-0.4, -0.2) is 86.0 Å². The molecule has 4 rings (SSSR count). The highest BCUT2D eigenvalue weighted by atomic mass is 19.1. The molecule has 8 heteroatoms. The third kappa shape index (κ3) is 6.35. The first-order chi connectivity index (χ1) is 15.9. The van der Waals surface area contributed by atoms with Gasteiger partial charge in [0.05, 0.1) is 25.9 Å². The molecule has 2 aromatic rings. The molecule has 0 saturated carbocycles. The van der Waals surface area contributed by atoms with E-state index in [9.17, 15) is 14.6 Å². The van der Waals surface area contributed by atoms with Crippen molar-refractivity contribution in [2.75, 3.05) is 64.6 Å². The first-order valence-corrected chi connectivity index (χ1v) is 11.4. The molecule has 180 valence electrons. The first-order valence-electron chi connectivity index (χ1n) is 11.4. The highest BCUT2D eigenvalue weighted by molar-refractivity contribution is 5.51. The Hall–Kier alpha value is -2.39. The quantitative estimate of drug-likeness (QED) is 0.657. The van der Waals surface area contributed by atoms with E-state index in [1.807, 2.05) is 18.2 Å². The van der Waals surface area contributed by atoms with Crippen LogP contribution in [0.15, 0.2) is 48.5 Å². The Morgan fingerprint density at radius 1 is 1.00 bits per heavy atom. The van der Waals surface area contributed by atoms with E-state index in [1.165, 1.54) is 24.3 Å². The highest BCUT2D eigenvalue weighted by Crippen LogP contribution is 2.30. The van der Waals surface area contributed by atoms with Gasteiger partial charge in [-0.25, -0.2) is 4.39 Å². The van der Waals surface area contributed by atoms with Crippen molar-refractivity contribution in [2.45, 2.75) is 24.0 Å². The minimum absolute atomic E-state index is 0.0250. The van der Waals surface area contributed by atoms with E-state index in [0.717, 1.165) is 24.5 Å². The molecule has 1 atom stereocenters. The molecule has 7 nitrogen and oxygen atoms in total. The van der Waals surface area contributed by atoms with Crippen molar-refractivity contribution < 1.29 is 28.8 Å². The molecule has 2 aromatic carbocycles. The number of aliphatic hydroxyl groups is 2. The number of hydrogen-bond acceptors (Lipinski definition) is 7. The monoisotopic (exact) mass is 460 g/mol. The maximum Gasteiger partial charge on any atom is 0.134 e. The standard InChI is InChI=1S/C25H33FN2O5/c1-31-23-4-2-3-21(15-23)28-11-9-24(29,10-12-28)16-27-13-14-32-18-25(30,17-27)19-33-22-7-5-20(26)6-8-22/h2-8,15,29-30H,9-14,16-19H2,1H3. The third-order valence-corrected chi connectivity index (χ3v) is 6.39. The molecule has 0 spiro atoms. The number of methoxy groups -OCH3 is 1. The molecule has 2 N–H and O–H groups in total. The van der Waals surface area contributed by atoms with Gasteiger partial charge in [0.1, 0.15) is 29.5 Å². The number of hydrogen-bond donors (Lipinski definition) is 2. The fourth-order valence-corrected chi connectivity index (χ4v) is 4.53. The van der Waals surface area contributed by atoms with Gasteiger partial charge in [-0.15, -0.1) is 0 Å². The SMILES string of the molecule is COc1cccc(N2CCC(O)(CN3CCOCC(O)(COc4ccc(F)cc4)C3)CC2)c1. The summed E-state index contributed by atoms with van der Waals surface area (Å²) in [7, 11) is 1.66. The summed E-state index contributed by atoms with van der Waals surface area (Å²) >= 11 is 0. The van der Waals surface area contributed by atoms with Crippen LogP contribution in [0, 0.1) is 5.82 Å². The van der Waals surface area contributed by atoms with Crippen LogP contribution in [0.1, 0.15) is 12.8 Å². The van der Waals surface area contributed by atoms with E-state index in [2.05, 4.69) is 15.9 Å². The third-order valence-electron chi connectivity index (χ3n) is 6.39. The summed E-state index contributed by atoms with van der Waals surface area (Å²) < 4.78 is 29.8. The molecule has 33 heavy (non-hydrogen) atoms. The Bertz CT molecular complexity index is 904. The summed E-state index contributed by atoms with van der Waals surface area (Å²) in [5.74, 6) is 0.972. The van der Waals surface area contributed by atoms with Crippen LogP contribution in [-0.2, 0) is 4.74 Å². The normalized spacial score (nSPS) is 23.7. The Morgan fingerprint density at radius 3 is 2.48 bits per heavy atom. The van der Waals surface area contributed by atoms with Crippen LogP contribution >= 0.6 is 0 Å². The maximum absolute atomic E-state index is 13.1. The number of ether oxygens (including phenoxy) is 3. The lowest BCUT2D eigenvalue weighted by atomic mass is 9.90. The van der Waals surface area contributed by atoms with Crippen molar-refractivity contribution in [1.29, 1.82) is 0 Å². The molecule has 2 fully saturated rings. The molecule has 2 saturated heterocycles. The molecule has 0 radical (unpaired) electrons. The molecular weight excluding hydrogens is 427 g/mol. The fourth-order valence-electron chi connectivity index (χ4n) is 4.53. The lowest BCUT2D eigenvalue weighted by Crippen LogP contribution is -2.55. The highest BCUT2D eigenvalue weighted by Gasteiger charge is 2.39. The second-order valence-corrected chi connectivity index (χ2v) is 9.14. The topological polar surface area (TPSA) is 74.6 Å². The second-order valence-electron chi connectivity index (χ2n) is 9.14. The maximum atomic E-state index is 13.1. The summed E-state index contributed by atoms with van der Waals surface area (Å²) in [6.45, 7) is 3.55. The van der Waals surface area contributed by atoms with E-state index >= 15 is 0 Å². The molecule has 0 amide bonds. The number of rotatable bonds is 7. The van der Waals surface area contributed by atoms with E-state index in [0.29, 0.717) is 44.8 Å². The summed E-state index contributed by atoms with van der Waals surface area (Å²) in [5, 5.41) is 22.4. The average Bonchev–Trinajstić information content (AvgIpc) is 3.00. The van der Waals surface area contributed by atoms with Gasteiger partial charge in [-0.05, 0) is 49.2 Å². The molecule has 0 bridgehead atoms. The van der Waals surface area contributed by atoms with Crippen LogP contribution < -0.4 is 14.4 Å². The van der Waals surface area contributed by atoms with Crippen LogP contribution in [0.25, 0.3) is 0 Å². The van der Waals surface area contributed by atoms with Crippen LogP contribution in [0.5, 0.6) is 11.5 Å². The van der Waals surface area contributed by atoms with Crippen molar-refractivity contribution in [3.8, 4) is 11.5 Å². The van der Waals surface area contributed by atoms with Crippen molar-refractivity contribution in [2.24, 2.45) is 0 Å². The number of piperidine rings is 1. The summed E-state index contributed by atoms with van der Waals surface area (Å²) in [6.07, 6.45) is 1.26.